The fourth-order valence-corrected chi connectivity index (χ4v) is 1.70. The number of rotatable bonds is 3. The number of benzene rings is 1. The third-order valence-electron chi connectivity index (χ3n) is 2.62. The van der Waals surface area contributed by atoms with Gasteiger partial charge in [0.05, 0.1) is 17.7 Å². The van der Waals surface area contributed by atoms with Gasteiger partial charge in [-0.25, -0.2) is 4.98 Å². The second kappa shape index (κ2) is 5.10. The van der Waals surface area contributed by atoms with Crippen LogP contribution in [0.4, 0.5) is 11.4 Å². The number of nitrogens with zero attached hydrogens (tertiary/aromatic N) is 2. The minimum Gasteiger partial charge on any atom is -0.397 e. The van der Waals surface area contributed by atoms with Gasteiger partial charge in [-0.3, -0.25) is 4.79 Å². The summed E-state index contributed by atoms with van der Waals surface area (Å²) in [6, 6.07) is 4.59. The van der Waals surface area contributed by atoms with Crippen molar-refractivity contribution in [2.75, 3.05) is 11.1 Å². The van der Waals surface area contributed by atoms with Gasteiger partial charge in [0.1, 0.15) is 6.04 Å². The van der Waals surface area contributed by atoms with Gasteiger partial charge in [0, 0.05) is 17.4 Å². The molecule has 5 nitrogen and oxygen atoms in total. The number of carbonyl (C=O) groups excluding carboxylic acids is 1. The summed E-state index contributed by atoms with van der Waals surface area (Å²) in [7, 11) is 0. The third-order valence-corrected chi connectivity index (χ3v) is 2.86. The molecule has 2 rings (SSSR count). The number of hydrogen-bond acceptors (Lipinski definition) is 3. The van der Waals surface area contributed by atoms with Crippen LogP contribution in [-0.4, -0.2) is 15.5 Å². The lowest BCUT2D eigenvalue weighted by atomic mass is 10.2. The van der Waals surface area contributed by atoms with Crippen molar-refractivity contribution in [1.82, 2.24) is 9.55 Å². The summed E-state index contributed by atoms with van der Waals surface area (Å²) in [4.78, 5) is 15.9. The molecule has 0 bridgehead atoms. The van der Waals surface area contributed by atoms with Crippen molar-refractivity contribution >= 4 is 28.9 Å². The number of imidazole rings is 1. The maximum atomic E-state index is 12.0. The van der Waals surface area contributed by atoms with E-state index in [9.17, 15) is 4.79 Å². The zero-order valence-corrected chi connectivity index (χ0v) is 10.6. The molecule has 0 aliphatic rings. The monoisotopic (exact) mass is 264 g/mol. The van der Waals surface area contributed by atoms with Gasteiger partial charge >= 0.3 is 0 Å². The van der Waals surface area contributed by atoms with Gasteiger partial charge in [-0.1, -0.05) is 11.6 Å². The summed E-state index contributed by atoms with van der Waals surface area (Å²) in [5.74, 6) is -0.165. The predicted molar refractivity (Wildman–Crippen MR) is 71.4 cm³/mol. The molecule has 6 heteroatoms. The first-order valence-corrected chi connectivity index (χ1v) is 5.79. The van der Waals surface area contributed by atoms with Crippen molar-refractivity contribution in [3.8, 4) is 0 Å². The lowest BCUT2D eigenvalue weighted by molar-refractivity contribution is -0.118. The van der Waals surface area contributed by atoms with Crippen LogP contribution in [0.3, 0.4) is 0 Å². The fraction of sp³-hybridized carbons (Fsp3) is 0.167. The van der Waals surface area contributed by atoms with Gasteiger partial charge in [0.2, 0.25) is 5.91 Å². The van der Waals surface area contributed by atoms with Crippen molar-refractivity contribution in [3.63, 3.8) is 0 Å². The van der Waals surface area contributed by atoms with E-state index in [0.717, 1.165) is 0 Å². The number of halogens is 1. The minimum atomic E-state index is -0.359. The Hall–Kier alpha value is -2.01. The molecule has 3 N–H and O–H groups in total. The van der Waals surface area contributed by atoms with E-state index in [2.05, 4.69) is 10.3 Å². The van der Waals surface area contributed by atoms with Crippen molar-refractivity contribution in [2.45, 2.75) is 13.0 Å². The van der Waals surface area contributed by atoms with Gasteiger partial charge in [0.25, 0.3) is 0 Å². The molecule has 0 spiro atoms. The van der Waals surface area contributed by atoms with E-state index in [1.54, 1.807) is 48.4 Å². The highest BCUT2D eigenvalue weighted by Crippen LogP contribution is 2.23. The van der Waals surface area contributed by atoms with Gasteiger partial charge in [-0.05, 0) is 25.1 Å². The van der Waals surface area contributed by atoms with E-state index >= 15 is 0 Å². The molecular formula is C12H13ClN4O. The van der Waals surface area contributed by atoms with E-state index < -0.39 is 0 Å². The number of amides is 1. The average Bonchev–Trinajstić information content (AvgIpc) is 2.85. The molecule has 18 heavy (non-hydrogen) atoms. The molecule has 1 aromatic heterocycles. The second-order valence-corrected chi connectivity index (χ2v) is 4.34. The van der Waals surface area contributed by atoms with Gasteiger partial charge in [0.15, 0.2) is 0 Å². The maximum absolute atomic E-state index is 12.0. The lowest BCUT2D eigenvalue weighted by Gasteiger charge is -2.14. The number of nitrogens with one attached hydrogen (secondary N) is 1. The van der Waals surface area contributed by atoms with Crippen LogP contribution in [0.25, 0.3) is 0 Å². The van der Waals surface area contributed by atoms with Gasteiger partial charge in [-0.2, -0.15) is 0 Å². The van der Waals surface area contributed by atoms with Crippen LogP contribution >= 0.6 is 11.6 Å². The van der Waals surface area contributed by atoms with Crippen LogP contribution in [0, 0.1) is 0 Å². The minimum absolute atomic E-state index is 0.165. The fourth-order valence-electron chi connectivity index (χ4n) is 1.52. The van der Waals surface area contributed by atoms with E-state index in [4.69, 9.17) is 17.3 Å². The van der Waals surface area contributed by atoms with Gasteiger partial charge in [-0.15, -0.1) is 0 Å². The topological polar surface area (TPSA) is 72.9 Å². The summed E-state index contributed by atoms with van der Waals surface area (Å²) in [6.45, 7) is 1.78. The largest absolute Gasteiger partial charge is 0.397 e. The Morgan fingerprint density at radius 2 is 2.33 bits per heavy atom. The van der Waals surface area contributed by atoms with Crippen LogP contribution in [0.2, 0.25) is 5.02 Å². The summed E-state index contributed by atoms with van der Waals surface area (Å²) < 4.78 is 1.71. The molecule has 0 aliphatic carbocycles. The highest BCUT2D eigenvalue weighted by atomic mass is 35.5. The van der Waals surface area contributed by atoms with E-state index in [1.165, 1.54) is 0 Å². The molecule has 2 aromatic rings. The number of nitrogen functional groups attached to an aromatic ring is 1. The number of aromatic nitrogens is 2. The second-order valence-electron chi connectivity index (χ2n) is 3.91. The van der Waals surface area contributed by atoms with E-state index in [1.807, 2.05) is 0 Å². The van der Waals surface area contributed by atoms with Gasteiger partial charge < -0.3 is 15.6 Å². The zero-order chi connectivity index (χ0) is 13.1. The molecule has 94 valence electrons. The van der Waals surface area contributed by atoms with Crippen LogP contribution in [0.15, 0.2) is 36.9 Å². The Kier molecular flexibility index (Phi) is 3.53. The van der Waals surface area contributed by atoms with E-state index in [0.29, 0.717) is 16.4 Å². The number of anilines is 2. The van der Waals surface area contributed by atoms with Crippen molar-refractivity contribution in [2.24, 2.45) is 0 Å². The number of nitrogens with two attached hydrogens (primary N) is 1. The maximum Gasteiger partial charge on any atom is 0.247 e. The molecule has 0 radical (unpaired) electrons. The Bertz CT molecular complexity index is 553. The zero-order valence-electron chi connectivity index (χ0n) is 9.80. The summed E-state index contributed by atoms with van der Waals surface area (Å²) in [5.41, 5.74) is 6.76. The molecule has 1 atom stereocenters. The smallest absolute Gasteiger partial charge is 0.247 e. The highest BCUT2D eigenvalue weighted by Gasteiger charge is 2.15. The van der Waals surface area contributed by atoms with Crippen molar-refractivity contribution in [3.05, 3.63) is 41.9 Å². The molecule has 1 unspecified atom stereocenters. The first-order chi connectivity index (χ1) is 8.58. The van der Waals surface area contributed by atoms with Crippen molar-refractivity contribution in [1.29, 1.82) is 0 Å². The summed E-state index contributed by atoms with van der Waals surface area (Å²) in [6.07, 6.45) is 4.95. The molecule has 0 fully saturated rings. The Morgan fingerprint density at radius 1 is 1.56 bits per heavy atom. The lowest BCUT2D eigenvalue weighted by Crippen LogP contribution is -2.23. The Morgan fingerprint density at radius 3 is 2.94 bits per heavy atom. The van der Waals surface area contributed by atoms with Crippen LogP contribution < -0.4 is 11.1 Å². The number of hydrogen-bond donors (Lipinski definition) is 2. The van der Waals surface area contributed by atoms with Crippen molar-refractivity contribution < 1.29 is 4.79 Å². The summed E-state index contributed by atoms with van der Waals surface area (Å²) >= 11 is 5.79. The SMILES string of the molecule is CC(C(=O)Nc1ccc(Cl)cc1N)n1ccnc1. The third kappa shape index (κ3) is 2.62. The highest BCUT2D eigenvalue weighted by molar-refractivity contribution is 6.31. The Balaban J connectivity index is 2.12. The molecule has 1 amide bonds. The number of carbonyl (C=O) groups is 1. The molecular weight excluding hydrogens is 252 g/mol. The van der Waals surface area contributed by atoms with E-state index in [-0.39, 0.29) is 11.9 Å². The predicted octanol–water partition coefficient (Wildman–Crippen LogP) is 2.32. The molecule has 1 aromatic carbocycles. The molecule has 0 aliphatic heterocycles. The molecule has 1 heterocycles. The standard InChI is InChI=1S/C12H13ClN4O/c1-8(17-5-4-15-7-17)12(18)16-11-3-2-9(13)6-10(11)14/h2-8H,14H2,1H3,(H,16,18). The molecule has 0 saturated heterocycles. The van der Waals surface area contributed by atoms with Crippen LogP contribution in [0.1, 0.15) is 13.0 Å². The average molecular weight is 265 g/mol. The first kappa shape index (κ1) is 12.4. The Labute approximate surface area is 110 Å². The van der Waals surface area contributed by atoms with Crippen LogP contribution in [-0.2, 0) is 4.79 Å². The normalized spacial score (nSPS) is 12.1. The molecule has 0 saturated carbocycles. The van der Waals surface area contributed by atoms with Crippen LogP contribution in [0.5, 0.6) is 0 Å². The quantitative estimate of drug-likeness (QED) is 0.836. The first-order valence-electron chi connectivity index (χ1n) is 5.41. The summed E-state index contributed by atoms with van der Waals surface area (Å²) in [5, 5.41) is 3.29.